The Morgan fingerprint density at radius 1 is 1.12 bits per heavy atom. The summed E-state index contributed by atoms with van der Waals surface area (Å²) in [5, 5.41) is 10.0. The van der Waals surface area contributed by atoms with Gasteiger partial charge in [0.05, 0.1) is 37.7 Å². The molecular weight excluding hydrogens is 614 g/mol. The summed E-state index contributed by atoms with van der Waals surface area (Å²) in [5.74, 6) is -2.90. The topological polar surface area (TPSA) is 126 Å². The van der Waals surface area contributed by atoms with Gasteiger partial charge in [-0.2, -0.15) is 0 Å². The Kier molecular flexibility index (Phi) is 10.7. The molecule has 0 aliphatic carbocycles. The second kappa shape index (κ2) is 14.7. The number of hydrogen-bond acceptors (Lipinski definition) is 8. The number of aliphatic hydroxyl groups is 1. The number of aliphatic hydroxyl groups excluding tert-OH is 1. The van der Waals surface area contributed by atoms with Gasteiger partial charge < -0.3 is 34.0 Å². The Labute approximate surface area is 281 Å². The molecule has 3 amide bonds. The summed E-state index contributed by atoms with van der Waals surface area (Å²) in [6.45, 7) is 9.03. The number of amides is 3. The van der Waals surface area contributed by atoms with Gasteiger partial charge in [-0.25, -0.2) is 0 Å². The van der Waals surface area contributed by atoms with Gasteiger partial charge in [-0.05, 0) is 56.0 Å². The third-order valence-corrected chi connectivity index (χ3v) is 9.98. The Morgan fingerprint density at radius 3 is 2.46 bits per heavy atom. The third kappa shape index (κ3) is 6.24. The molecule has 3 heterocycles. The minimum absolute atomic E-state index is 0.102. The fourth-order valence-corrected chi connectivity index (χ4v) is 7.53. The van der Waals surface area contributed by atoms with Gasteiger partial charge in [0.1, 0.15) is 23.5 Å². The second-order valence-corrected chi connectivity index (χ2v) is 12.6. The van der Waals surface area contributed by atoms with Gasteiger partial charge >= 0.3 is 5.97 Å². The maximum atomic E-state index is 14.5. The lowest BCUT2D eigenvalue weighted by Gasteiger charge is -2.36. The first kappa shape index (κ1) is 34.8. The molecule has 0 radical (unpaired) electrons. The number of carbonyl (C=O) groups excluding carboxylic acids is 4. The molecule has 1 spiro atoms. The molecule has 1 N–H and O–H groups in total. The number of allylic oxidation sites excluding steroid dienone is 1. The highest BCUT2D eigenvalue weighted by Gasteiger charge is 2.75. The Balaban J connectivity index is 1.46. The number of anilines is 1. The van der Waals surface area contributed by atoms with Crippen molar-refractivity contribution < 1.29 is 38.5 Å². The number of nitrogens with zero attached hydrogens (tertiary/aromatic N) is 3. The van der Waals surface area contributed by atoms with Crippen molar-refractivity contribution in [3.8, 4) is 5.75 Å². The van der Waals surface area contributed by atoms with Crippen LogP contribution in [0.25, 0.3) is 0 Å². The molecule has 11 nitrogen and oxygen atoms in total. The van der Waals surface area contributed by atoms with E-state index in [4.69, 9.17) is 14.2 Å². The number of carbonyl (C=O) groups is 4. The molecule has 11 heteroatoms. The number of likely N-dealkylation sites (tertiary alicyclic amines) is 1. The molecule has 3 aliphatic rings. The van der Waals surface area contributed by atoms with Crippen LogP contribution >= 0.6 is 0 Å². The van der Waals surface area contributed by atoms with E-state index in [9.17, 15) is 24.3 Å². The van der Waals surface area contributed by atoms with E-state index >= 15 is 0 Å². The largest absolute Gasteiger partial charge is 0.497 e. The van der Waals surface area contributed by atoms with Crippen molar-refractivity contribution in [1.82, 2.24) is 9.80 Å². The summed E-state index contributed by atoms with van der Waals surface area (Å²) in [5.41, 5.74) is -0.00537. The molecule has 7 atom stereocenters. The van der Waals surface area contributed by atoms with Crippen LogP contribution < -0.4 is 9.64 Å². The van der Waals surface area contributed by atoms with E-state index in [0.717, 1.165) is 0 Å². The molecule has 3 fully saturated rings. The lowest BCUT2D eigenvalue weighted by atomic mass is 9.70. The van der Waals surface area contributed by atoms with Crippen LogP contribution in [0.3, 0.4) is 0 Å². The third-order valence-electron chi connectivity index (χ3n) is 9.98. The molecule has 2 aromatic rings. The number of fused-ring (bicyclic) bond motifs is 1. The maximum absolute atomic E-state index is 14.5. The summed E-state index contributed by atoms with van der Waals surface area (Å²) in [6.07, 6.45) is 3.45. The fourth-order valence-electron chi connectivity index (χ4n) is 7.53. The standard InChI is InChI=1S/C37H45N3O8/c1-6-8-14-29(42)38(4)24(3)32(25-12-10-9-11-13-25)47-36(45)30-28-19-20-37(48-28)31(30)34(43)40(22-23-41)33(37)35(44)39(21-7-2)26-15-17-27(46-5)18-16-26/h6-7,9-13,15-18,24,28,30-33,41H,1-2,8,14,19-23H2,3-5H3/t24-,28+,30-,31-,32+,33+,37-/m1/s1. The number of esters is 1. The van der Waals surface area contributed by atoms with Crippen LogP contribution in [0, 0.1) is 11.8 Å². The quantitative estimate of drug-likeness (QED) is 0.227. The Bertz CT molecular complexity index is 1510. The lowest BCUT2D eigenvalue weighted by molar-refractivity contribution is -0.164. The summed E-state index contributed by atoms with van der Waals surface area (Å²) in [4.78, 5) is 60.4. The zero-order valence-corrected chi connectivity index (χ0v) is 27.8. The first-order valence-electron chi connectivity index (χ1n) is 16.4. The van der Waals surface area contributed by atoms with Crippen molar-refractivity contribution in [3.63, 3.8) is 0 Å². The number of benzene rings is 2. The van der Waals surface area contributed by atoms with Crippen molar-refractivity contribution in [3.05, 3.63) is 85.5 Å². The maximum Gasteiger partial charge on any atom is 0.313 e. The van der Waals surface area contributed by atoms with Gasteiger partial charge in [-0.15, -0.1) is 13.2 Å². The van der Waals surface area contributed by atoms with Crippen molar-refractivity contribution in [2.24, 2.45) is 11.8 Å². The zero-order chi connectivity index (χ0) is 34.6. The highest BCUT2D eigenvalue weighted by atomic mass is 16.6. The van der Waals surface area contributed by atoms with Crippen LogP contribution in [0.1, 0.15) is 44.3 Å². The average molecular weight is 660 g/mol. The molecule has 0 aromatic heterocycles. The van der Waals surface area contributed by atoms with Gasteiger partial charge in [0.25, 0.3) is 5.91 Å². The van der Waals surface area contributed by atoms with Crippen molar-refractivity contribution in [1.29, 1.82) is 0 Å². The smallest absolute Gasteiger partial charge is 0.313 e. The Hall–Kier alpha value is -4.48. The fraction of sp³-hybridized carbons (Fsp3) is 0.459. The van der Waals surface area contributed by atoms with Crippen LogP contribution in [-0.4, -0.2) is 96.2 Å². The summed E-state index contributed by atoms with van der Waals surface area (Å²) in [7, 11) is 3.23. The minimum atomic E-state index is -1.28. The van der Waals surface area contributed by atoms with Crippen LogP contribution in [-0.2, 0) is 28.7 Å². The van der Waals surface area contributed by atoms with Crippen LogP contribution in [0.15, 0.2) is 79.9 Å². The highest BCUT2D eigenvalue weighted by Crippen LogP contribution is 2.59. The van der Waals surface area contributed by atoms with Gasteiger partial charge in [0.2, 0.25) is 11.8 Å². The summed E-state index contributed by atoms with van der Waals surface area (Å²) < 4.78 is 18.1. The van der Waals surface area contributed by atoms with Crippen molar-refractivity contribution >= 4 is 29.4 Å². The van der Waals surface area contributed by atoms with Gasteiger partial charge in [0, 0.05) is 32.2 Å². The number of rotatable bonds is 15. The highest BCUT2D eigenvalue weighted by molar-refractivity contribution is 6.04. The number of likely N-dealkylation sites (N-methyl/N-ethyl adjacent to an activating group) is 1. The molecule has 5 rings (SSSR count). The van der Waals surface area contributed by atoms with Gasteiger partial charge in [-0.1, -0.05) is 42.5 Å². The van der Waals surface area contributed by atoms with E-state index in [-0.39, 0.29) is 32.0 Å². The van der Waals surface area contributed by atoms with Crippen LogP contribution in [0.4, 0.5) is 5.69 Å². The van der Waals surface area contributed by atoms with E-state index in [0.29, 0.717) is 36.3 Å². The molecule has 256 valence electrons. The molecule has 3 saturated heterocycles. The van der Waals surface area contributed by atoms with Crippen LogP contribution in [0.2, 0.25) is 0 Å². The molecular formula is C37H45N3O8. The molecule has 2 bridgehead atoms. The first-order chi connectivity index (χ1) is 23.1. The minimum Gasteiger partial charge on any atom is -0.497 e. The van der Waals surface area contributed by atoms with E-state index in [1.807, 2.05) is 37.3 Å². The van der Waals surface area contributed by atoms with Crippen molar-refractivity contribution in [2.45, 2.75) is 62.5 Å². The van der Waals surface area contributed by atoms with Crippen molar-refractivity contribution in [2.75, 3.05) is 38.8 Å². The average Bonchev–Trinajstić information content (AvgIpc) is 3.75. The lowest BCUT2D eigenvalue weighted by Crippen LogP contribution is -2.56. The number of β-amino-alcohol motifs (C(OH)–C–C–N with tert-alkyl or cyclic N) is 1. The monoisotopic (exact) mass is 659 g/mol. The summed E-state index contributed by atoms with van der Waals surface area (Å²) >= 11 is 0. The number of methoxy groups -OCH3 is 1. The van der Waals surface area contributed by atoms with E-state index < -0.39 is 59.5 Å². The van der Waals surface area contributed by atoms with E-state index in [1.165, 1.54) is 9.80 Å². The van der Waals surface area contributed by atoms with Gasteiger partial charge in [-0.3, -0.25) is 19.2 Å². The number of hydrogen-bond donors (Lipinski definition) is 1. The molecule has 2 aromatic carbocycles. The molecule has 48 heavy (non-hydrogen) atoms. The SMILES string of the molecule is C=CCCC(=O)N(C)[C@H](C)[C@H](OC(=O)[C@@H]1[C@@H]2CC[C@]3(O2)[C@H](C(=O)N(CC=C)c2ccc(OC)cc2)N(CCO)C(=O)[C@@H]13)c1ccccc1. The van der Waals surface area contributed by atoms with Gasteiger partial charge in [0.15, 0.2) is 0 Å². The molecule has 0 unspecified atom stereocenters. The molecule has 3 aliphatic heterocycles. The zero-order valence-electron chi connectivity index (χ0n) is 27.8. The number of ether oxygens (including phenoxy) is 3. The predicted molar refractivity (Wildman–Crippen MR) is 179 cm³/mol. The Morgan fingerprint density at radius 2 is 1.83 bits per heavy atom. The van der Waals surface area contributed by atoms with E-state index in [2.05, 4.69) is 13.2 Å². The molecule has 0 saturated carbocycles. The van der Waals surface area contributed by atoms with Crippen LogP contribution in [0.5, 0.6) is 5.75 Å². The van der Waals surface area contributed by atoms with E-state index in [1.54, 1.807) is 55.5 Å². The predicted octanol–water partition coefficient (Wildman–Crippen LogP) is 3.68. The first-order valence-corrected chi connectivity index (χ1v) is 16.4. The normalized spacial score (nSPS) is 25.2. The summed E-state index contributed by atoms with van der Waals surface area (Å²) in [6, 6.07) is 14.6. The second-order valence-electron chi connectivity index (χ2n) is 12.6.